The van der Waals surface area contributed by atoms with Gasteiger partial charge in [-0.25, -0.2) is 0 Å². The number of unbranched alkanes of at least 4 members (excludes halogenated alkanes) is 1. The summed E-state index contributed by atoms with van der Waals surface area (Å²) in [5.74, 6) is 1.29. The van der Waals surface area contributed by atoms with E-state index in [-0.39, 0.29) is 0 Å². The Labute approximate surface area is 118 Å². The molecule has 6 nitrogen and oxygen atoms in total. The van der Waals surface area contributed by atoms with Crippen molar-refractivity contribution in [1.29, 1.82) is 5.26 Å². The summed E-state index contributed by atoms with van der Waals surface area (Å²) in [6.07, 6.45) is 2.11. The summed E-state index contributed by atoms with van der Waals surface area (Å²) >= 11 is 0. The number of rotatable bonds is 6. The predicted molar refractivity (Wildman–Crippen MR) is 76.0 cm³/mol. The quantitative estimate of drug-likeness (QED) is 0.816. The molecule has 1 heterocycles. The molecule has 6 heteroatoms. The minimum atomic E-state index is 0.303. The molecule has 2 rings (SSSR count). The van der Waals surface area contributed by atoms with Gasteiger partial charge in [-0.15, -0.1) is 15.0 Å². The maximum Gasteiger partial charge on any atom is 0.207 e. The highest BCUT2D eigenvalue weighted by Gasteiger charge is 2.11. The first-order chi connectivity index (χ1) is 9.78. The lowest BCUT2D eigenvalue weighted by Gasteiger charge is -2.02. The molecule has 0 fully saturated rings. The van der Waals surface area contributed by atoms with Crippen molar-refractivity contribution in [3.63, 3.8) is 0 Å². The molecule has 0 saturated carbocycles. The van der Waals surface area contributed by atoms with Gasteiger partial charge in [-0.1, -0.05) is 13.3 Å². The minimum Gasteiger partial charge on any atom is -0.497 e. The molecule has 0 spiro atoms. The number of nitriles is 1. The number of methoxy groups -OCH3 is 1. The van der Waals surface area contributed by atoms with Crippen LogP contribution in [-0.2, 0) is 0 Å². The van der Waals surface area contributed by atoms with Crippen molar-refractivity contribution in [1.82, 2.24) is 15.0 Å². The molecule has 1 N–H and O–H groups in total. The van der Waals surface area contributed by atoms with Crippen molar-refractivity contribution in [3.8, 4) is 17.5 Å². The van der Waals surface area contributed by atoms with E-state index in [1.807, 2.05) is 24.3 Å². The zero-order valence-corrected chi connectivity index (χ0v) is 11.6. The number of aromatic nitrogens is 3. The molecule has 0 atom stereocenters. The van der Waals surface area contributed by atoms with E-state index in [1.165, 1.54) is 4.80 Å². The molecule has 20 heavy (non-hydrogen) atoms. The molecule has 0 amide bonds. The molecule has 0 unspecified atom stereocenters. The Bertz CT molecular complexity index is 597. The van der Waals surface area contributed by atoms with E-state index < -0.39 is 0 Å². The number of nitrogens with one attached hydrogen (secondary N) is 1. The van der Waals surface area contributed by atoms with Crippen LogP contribution in [0.4, 0.5) is 5.82 Å². The maximum atomic E-state index is 9.09. The van der Waals surface area contributed by atoms with Gasteiger partial charge in [-0.3, -0.25) is 0 Å². The van der Waals surface area contributed by atoms with E-state index >= 15 is 0 Å². The van der Waals surface area contributed by atoms with Crippen molar-refractivity contribution in [3.05, 3.63) is 30.0 Å². The van der Waals surface area contributed by atoms with Crippen LogP contribution in [-0.4, -0.2) is 28.6 Å². The van der Waals surface area contributed by atoms with E-state index in [2.05, 4.69) is 28.5 Å². The fraction of sp³-hybridized carbons (Fsp3) is 0.357. The number of hydrogen-bond acceptors (Lipinski definition) is 5. The standard InChI is InChI=1S/C14H17N5O/c1-3-4-9-16-14-13(10-15)17-19(18-14)11-5-7-12(20-2)8-6-11/h5-8H,3-4,9H2,1-2H3,(H,16,18). The summed E-state index contributed by atoms with van der Waals surface area (Å²) < 4.78 is 5.11. The molecule has 104 valence electrons. The first-order valence-corrected chi connectivity index (χ1v) is 6.54. The van der Waals surface area contributed by atoms with Crippen LogP contribution >= 0.6 is 0 Å². The highest BCUT2D eigenvalue weighted by Crippen LogP contribution is 2.16. The summed E-state index contributed by atoms with van der Waals surface area (Å²) in [5.41, 5.74) is 1.09. The van der Waals surface area contributed by atoms with Crippen LogP contribution in [0.3, 0.4) is 0 Å². The number of ether oxygens (including phenoxy) is 1. The van der Waals surface area contributed by atoms with Crippen LogP contribution < -0.4 is 10.1 Å². The molecule has 0 bridgehead atoms. The normalized spacial score (nSPS) is 10.1. The highest BCUT2D eigenvalue weighted by molar-refractivity contribution is 5.48. The summed E-state index contributed by atoms with van der Waals surface area (Å²) in [5, 5.41) is 20.7. The van der Waals surface area contributed by atoms with Crippen LogP contribution in [0, 0.1) is 11.3 Å². The summed E-state index contributed by atoms with van der Waals surface area (Å²) in [4.78, 5) is 1.45. The zero-order valence-electron chi connectivity index (χ0n) is 11.6. The van der Waals surface area contributed by atoms with E-state index in [0.717, 1.165) is 30.8 Å². The van der Waals surface area contributed by atoms with Crippen molar-refractivity contribution < 1.29 is 4.74 Å². The first-order valence-electron chi connectivity index (χ1n) is 6.54. The molecular weight excluding hydrogens is 254 g/mol. The lowest BCUT2D eigenvalue weighted by Crippen LogP contribution is -2.03. The maximum absolute atomic E-state index is 9.09. The second-order valence-electron chi connectivity index (χ2n) is 4.28. The number of benzene rings is 1. The van der Waals surface area contributed by atoms with E-state index in [4.69, 9.17) is 10.00 Å². The Morgan fingerprint density at radius 1 is 1.30 bits per heavy atom. The van der Waals surface area contributed by atoms with Crippen LogP contribution in [0.15, 0.2) is 24.3 Å². The van der Waals surface area contributed by atoms with Gasteiger partial charge in [0.15, 0.2) is 5.82 Å². The van der Waals surface area contributed by atoms with Gasteiger partial charge in [0.2, 0.25) is 5.69 Å². The first kappa shape index (κ1) is 13.9. The second kappa shape index (κ2) is 6.57. The Morgan fingerprint density at radius 3 is 2.65 bits per heavy atom. The monoisotopic (exact) mass is 271 g/mol. The summed E-state index contributed by atoms with van der Waals surface area (Å²) in [7, 11) is 1.62. The van der Waals surface area contributed by atoms with Gasteiger partial charge < -0.3 is 10.1 Å². The Morgan fingerprint density at radius 2 is 2.05 bits per heavy atom. The van der Waals surface area contributed by atoms with Crippen LogP contribution in [0.25, 0.3) is 5.69 Å². The lowest BCUT2D eigenvalue weighted by atomic mass is 10.3. The molecule has 0 aliphatic carbocycles. The molecule has 1 aromatic heterocycles. The van der Waals surface area contributed by atoms with Gasteiger partial charge in [-0.05, 0) is 30.7 Å². The summed E-state index contributed by atoms with van der Waals surface area (Å²) in [6.45, 7) is 2.90. The molecule has 0 radical (unpaired) electrons. The van der Waals surface area contributed by atoms with Gasteiger partial charge >= 0.3 is 0 Å². The number of nitrogens with zero attached hydrogens (tertiary/aromatic N) is 4. The topological polar surface area (TPSA) is 75.8 Å². The molecular formula is C14H17N5O. The fourth-order valence-corrected chi connectivity index (χ4v) is 1.72. The summed E-state index contributed by atoms with van der Waals surface area (Å²) in [6, 6.07) is 9.40. The smallest absolute Gasteiger partial charge is 0.207 e. The molecule has 1 aromatic carbocycles. The van der Waals surface area contributed by atoms with Gasteiger partial charge in [0, 0.05) is 6.54 Å². The zero-order chi connectivity index (χ0) is 14.4. The molecule has 0 saturated heterocycles. The Hall–Kier alpha value is -2.55. The predicted octanol–water partition coefficient (Wildman–Crippen LogP) is 2.36. The van der Waals surface area contributed by atoms with Crippen LogP contribution in [0.5, 0.6) is 5.75 Å². The third kappa shape index (κ3) is 3.06. The number of hydrogen-bond donors (Lipinski definition) is 1. The van der Waals surface area contributed by atoms with Crippen LogP contribution in [0.2, 0.25) is 0 Å². The van der Waals surface area contributed by atoms with E-state index in [1.54, 1.807) is 7.11 Å². The number of anilines is 1. The second-order valence-corrected chi connectivity index (χ2v) is 4.28. The average molecular weight is 271 g/mol. The van der Waals surface area contributed by atoms with Crippen LogP contribution in [0.1, 0.15) is 25.5 Å². The van der Waals surface area contributed by atoms with E-state index in [0.29, 0.717) is 11.5 Å². The Balaban J connectivity index is 2.21. The van der Waals surface area contributed by atoms with Gasteiger partial charge in [-0.2, -0.15) is 5.26 Å². The van der Waals surface area contributed by atoms with Crippen molar-refractivity contribution >= 4 is 5.82 Å². The minimum absolute atomic E-state index is 0.303. The van der Waals surface area contributed by atoms with Crippen molar-refractivity contribution in [2.45, 2.75) is 19.8 Å². The lowest BCUT2D eigenvalue weighted by molar-refractivity contribution is 0.414. The van der Waals surface area contributed by atoms with Crippen molar-refractivity contribution in [2.75, 3.05) is 19.0 Å². The van der Waals surface area contributed by atoms with E-state index in [9.17, 15) is 0 Å². The SMILES string of the molecule is CCCCNc1nn(-c2ccc(OC)cc2)nc1C#N. The molecule has 0 aliphatic heterocycles. The van der Waals surface area contributed by atoms with Gasteiger partial charge in [0.05, 0.1) is 12.8 Å². The van der Waals surface area contributed by atoms with Gasteiger partial charge in [0.1, 0.15) is 11.8 Å². The fourth-order valence-electron chi connectivity index (χ4n) is 1.72. The highest BCUT2D eigenvalue weighted by atomic mass is 16.5. The third-order valence-corrected chi connectivity index (χ3v) is 2.85. The van der Waals surface area contributed by atoms with Crippen molar-refractivity contribution in [2.24, 2.45) is 0 Å². The molecule has 2 aromatic rings. The largest absolute Gasteiger partial charge is 0.497 e. The van der Waals surface area contributed by atoms with Gasteiger partial charge in [0.25, 0.3) is 0 Å². The Kier molecular flexibility index (Phi) is 4.56. The average Bonchev–Trinajstić information content (AvgIpc) is 2.91. The third-order valence-electron chi connectivity index (χ3n) is 2.85. The molecule has 0 aliphatic rings.